The van der Waals surface area contributed by atoms with Crippen molar-refractivity contribution in [1.82, 2.24) is 15.5 Å². The molecule has 3 N–H and O–H groups in total. The molecule has 0 fully saturated rings. The number of nitrogens with one attached hydrogen (secondary N) is 2. The lowest BCUT2D eigenvalue weighted by Crippen LogP contribution is -2.34. The van der Waals surface area contributed by atoms with Gasteiger partial charge in [-0.15, -0.1) is 0 Å². The quantitative estimate of drug-likeness (QED) is 0.759. The van der Waals surface area contributed by atoms with Gasteiger partial charge in [-0.1, -0.05) is 30.3 Å². The van der Waals surface area contributed by atoms with Gasteiger partial charge in [-0.2, -0.15) is 5.10 Å². The summed E-state index contributed by atoms with van der Waals surface area (Å²) >= 11 is 0. The standard InChI is InChI=1S/C16H21N3O2/c1-11(9-15(20)13-6-4-3-5-7-13)17-16(21)10-14-8-12(2)18-19-14/h3-8,11,15,20H,9-10H2,1-2H3,(H,17,21)(H,18,19)/t11-,15+/m0/s1. The molecule has 0 aliphatic carbocycles. The Hall–Kier alpha value is -2.14. The van der Waals surface area contributed by atoms with Crippen LogP contribution in [0.4, 0.5) is 0 Å². The number of aromatic nitrogens is 2. The van der Waals surface area contributed by atoms with Crippen molar-refractivity contribution in [3.63, 3.8) is 0 Å². The number of carbonyl (C=O) groups is 1. The SMILES string of the molecule is Cc1cc(CC(=O)N[C@@H](C)C[C@@H](O)c2ccccc2)n[nH]1. The second kappa shape index (κ2) is 7.04. The highest BCUT2D eigenvalue weighted by atomic mass is 16.3. The fourth-order valence-corrected chi connectivity index (χ4v) is 2.26. The summed E-state index contributed by atoms with van der Waals surface area (Å²) in [6, 6.07) is 11.2. The molecule has 1 aromatic heterocycles. The van der Waals surface area contributed by atoms with Crippen molar-refractivity contribution < 1.29 is 9.90 Å². The van der Waals surface area contributed by atoms with Crippen molar-refractivity contribution >= 4 is 5.91 Å². The van der Waals surface area contributed by atoms with E-state index in [-0.39, 0.29) is 18.4 Å². The van der Waals surface area contributed by atoms with E-state index in [2.05, 4.69) is 15.5 Å². The first kappa shape index (κ1) is 15.3. The van der Waals surface area contributed by atoms with Crippen molar-refractivity contribution in [1.29, 1.82) is 0 Å². The topological polar surface area (TPSA) is 78.0 Å². The monoisotopic (exact) mass is 287 g/mol. The van der Waals surface area contributed by atoms with Gasteiger partial charge < -0.3 is 10.4 Å². The van der Waals surface area contributed by atoms with E-state index in [1.807, 2.05) is 50.2 Å². The van der Waals surface area contributed by atoms with E-state index in [1.54, 1.807) is 0 Å². The third-order valence-corrected chi connectivity index (χ3v) is 3.27. The maximum atomic E-state index is 11.9. The van der Waals surface area contributed by atoms with Crippen LogP contribution in [0.15, 0.2) is 36.4 Å². The zero-order chi connectivity index (χ0) is 15.2. The second-order valence-electron chi connectivity index (χ2n) is 5.35. The van der Waals surface area contributed by atoms with Gasteiger partial charge in [-0.3, -0.25) is 9.89 Å². The highest BCUT2D eigenvalue weighted by molar-refractivity contribution is 5.78. The molecule has 1 amide bonds. The third-order valence-electron chi connectivity index (χ3n) is 3.27. The summed E-state index contributed by atoms with van der Waals surface area (Å²) in [6.45, 7) is 3.78. The average molecular weight is 287 g/mol. The van der Waals surface area contributed by atoms with E-state index in [4.69, 9.17) is 0 Å². The van der Waals surface area contributed by atoms with E-state index in [0.717, 1.165) is 17.0 Å². The summed E-state index contributed by atoms with van der Waals surface area (Å²) in [4.78, 5) is 11.9. The van der Waals surface area contributed by atoms with Crippen molar-refractivity contribution in [3.05, 3.63) is 53.3 Å². The number of aryl methyl sites for hydroxylation is 1. The minimum absolute atomic E-state index is 0.0886. The predicted molar refractivity (Wildman–Crippen MR) is 80.7 cm³/mol. The number of nitrogens with zero attached hydrogens (tertiary/aromatic N) is 1. The maximum Gasteiger partial charge on any atom is 0.226 e. The Balaban J connectivity index is 1.81. The summed E-state index contributed by atoms with van der Waals surface area (Å²) in [5.74, 6) is -0.0886. The van der Waals surface area contributed by atoms with Gasteiger partial charge in [-0.05, 0) is 31.9 Å². The van der Waals surface area contributed by atoms with E-state index in [9.17, 15) is 9.90 Å². The molecular formula is C16H21N3O2. The lowest BCUT2D eigenvalue weighted by molar-refractivity contribution is -0.121. The number of aliphatic hydroxyl groups is 1. The van der Waals surface area contributed by atoms with Gasteiger partial charge in [0, 0.05) is 11.7 Å². The molecule has 2 rings (SSSR count). The molecule has 0 unspecified atom stereocenters. The van der Waals surface area contributed by atoms with Crippen LogP contribution in [0.3, 0.4) is 0 Å². The third kappa shape index (κ3) is 4.72. The number of rotatable bonds is 6. The fraction of sp³-hybridized carbons (Fsp3) is 0.375. The molecular weight excluding hydrogens is 266 g/mol. The Morgan fingerprint density at radius 1 is 1.38 bits per heavy atom. The Labute approximate surface area is 124 Å². The Bertz CT molecular complexity index is 580. The van der Waals surface area contributed by atoms with Crippen LogP contribution in [0, 0.1) is 6.92 Å². The van der Waals surface area contributed by atoms with Crippen LogP contribution >= 0.6 is 0 Å². The maximum absolute atomic E-state index is 11.9. The number of benzene rings is 1. The van der Waals surface area contributed by atoms with Crippen molar-refractivity contribution in [2.75, 3.05) is 0 Å². The van der Waals surface area contributed by atoms with Crippen LogP contribution in [-0.2, 0) is 11.2 Å². The van der Waals surface area contributed by atoms with E-state index >= 15 is 0 Å². The van der Waals surface area contributed by atoms with Crippen LogP contribution in [0.25, 0.3) is 0 Å². The van der Waals surface area contributed by atoms with Crippen molar-refractivity contribution in [3.8, 4) is 0 Å². The highest BCUT2D eigenvalue weighted by Gasteiger charge is 2.15. The molecule has 0 saturated heterocycles. The largest absolute Gasteiger partial charge is 0.388 e. The molecule has 2 aromatic rings. The second-order valence-corrected chi connectivity index (χ2v) is 5.35. The fourth-order valence-electron chi connectivity index (χ4n) is 2.26. The van der Waals surface area contributed by atoms with Gasteiger partial charge in [-0.25, -0.2) is 0 Å². The van der Waals surface area contributed by atoms with Crippen LogP contribution < -0.4 is 5.32 Å². The molecule has 0 aliphatic heterocycles. The van der Waals surface area contributed by atoms with Crippen LogP contribution in [0.5, 0.6) is 0 Å². The van der Waals surface area contributed by atoms with Crippen molar-refractivity contribution in [2.45, 2.75) is 38.8 Å². The molecule has 1 heterocycles. The minimum Gasteiger partial charge on any atom is -0.388 e. The van der Waals surface area contributed by atoms with Crippen LogP contribution in [0.1, 0.15) is 36.4 Å². The Kier molecular flexibility index (Phi) is 5.11. The van der Waals surface area contributed by atoms with Gasteiger partial charge >= 0.3 is 0 Å². The number of hydrogen-bond donors (Lipinski definition) is 3. The molecule has 0 saturated carbocycles. The first-order chi connectivity index (χ1) is 10.0. The zero-order valence-electron chi connectivity index (χ0n) is 12.3. The van der Waals surface area contributed by atoms with Crippen LogP contribution in [-0.4, -0.2) is 27.3 Å². The smallest absolute Gasteiger partial charge is 0.226 e. The van der Waals surface area contributed by atoms with E-state index in [1.165, 1.54) is 0 Å². The number of hydrogen-bond acceptors (Lipinski definition) is 3. The predicted octanol–water partition coefficient (Wildman–Crippen LogP) is 1.89. The van der Waals surface area contributed by atoms with Crippen molar-refractivity contribution in [2.24, 2.45) is 0 Å². The van der Waals surface area contributed by atoms with E-state index < -0.39 is 6.10 Å². The molecule has 21 heavy (non-hydrogen) atoms. The molecule has 5 nitrogen and oxygen atoms in total. The van der Waals surface area contributed by atoms with Gasteiger partial charge in [0.25, 0.3) is 0 Å². The number of aliphatic hydroxyl groups excluding tert-OH is 1. The van der Waals surface area contributed by atoms with E-state index in [0.29, 0.717) is 6.42 Å². The molecule has 0 aliphatic rings. The Morgan fingerprint density at radius 2 is 2.10 bits per heavy atom. The molecule has 112 valence electrons. The first-order valence-electron chi connectivity index (χ1n) is 7.08. The van der Waals surface area contributed by atoms with Gasteiger partial charge in [0.2, 0.25) is 5.91 Å². The summed E-state index contributed by atoms with van der Waals surface area (Å²) in [5.41, 5.74) is 2.52. The number of aromatic amines is 1. The number of carbonyl (C=O) groups excluding carboxylic acids is 1. The lowest BCUT2D eigenvalue weighted by Gasteiger charge is -2.18. The minimum atomic E-state index is -0.575. The highest BCUT2D eigenvalue weighted by Crippen LogP contribution is 2.17. The lowest BCUT2D eigenvalue weighted by atomic mass is 10.0. The summed E-state index contributed by atoms with van der Waals surface area (Å²) < 4.78 is 0. The average Bonchev–Trinajstić information content (AvgIpc) is 2.84. The molecule has 0 radical (unpaired) electrons. The summed E-state index contributed by atoms with van der Waals surface area (Å²) in [6.07, 6.45) is 0.153. The number of amides is 1. The molecule has 0 bridgehead atoms. The molecule has 2 atom stereocenters. The zero-order valence-corrected chi connectivity index (χ0v) is 12.3. The van der Waals surface area contributed by atoms with Gasteiger partial charge in [0.05, 0.1) is 18.2 Å². The molecule has 1 aromatic carbocycles. The first-order valence-corrected chi connectivity index (χ1v) is 7.08. The summed E-state index contributed by atoms with van der Waals surface area (Å²) in [5, 5.41) is 19.9. The molecule has 0 spiro atoms. The summed E-state index contributed by atoms with van der Waals surface area (Å²) in [7, 11) is 0. The molecule has 5 heteroatoms. The van der Waals surface area contributed by atoms with Crippen LogP contribution in [0.2, 0.25) is 0 Å². The Morgan fingerprint density at radius 3 is 2.71 bits per heavy atom. The van der Waals surface area contributed by atoms with Gasteiger partial charge in [0.1, 0.15) is 0 Å². The van der Waals surface area contributed by atoms with Gasteiger partial charge in [0.15, 0.2) is 0 Å². The normalized spacial score (nSPS) is 13.7. The number of H-pyrrole nitrogens is 1.